The van der Waals surface area contributed by atoms with Gasteiger partial charge in [0.05, 0.1) is 13.2 Å². The summed E-state index contributed by atoms with van der Waals surface area (Å²) in [6.07, 6.45) is 2.31. The quantitative estimate of drug-likeness (QED) is 0.461. The van der Waals surface area contributed by atoms with Crippen molar-refractivity contribution in [2.45, 2.75) is 12.2 Å². The molecule has 0 bridgehead atoms. The topological polar surface area (TPSA) is 49.7 Å². The summed E-state index contributed by atoms with van der Waals surface area (Å²) in [6.45, 7) is 0.369. The van der Waals surface area contributed by atoms with Gasteiger partial charge in [0, 0.05) is 0 Å². The van der Waals surface area contributed by atoms with Crippen molar-refractivity contribution in [3.05, 3.63) is 12.2 Å². The molecule has 1 rings (SSSR count). The van der Waals surface area contributed by atoms with E-state index in [2.05, 4.69) is 0 Å². The smallest absolute Gasteiger partial charge is 0.110 e. The molecule has 0 aliphatic carbocycles. The van der Waals surface area contributed by atoms with Crippen molar-refractivity contribution in [2.75, 3.05) is 13.2 Å². The number of aliphatic hydroxyl groups excluding tert-OH is 2. The van der Waals surface area contributed by atoms with Crippen LogP contribution in [0.4, 0.5) is 0 Å². The highest BCUT2D eigenvalue weighted by Crippen LogP contribution is 2.05. The minimum atomic E-state index is -0.635. The number of ether oxygens (including phenoxy) is 1. The summed E-state index contributed by atoms with van der Waals surface area (Å²) in [5.41, 5.74) is 0. The molecule has 0 spiro atoms. The predicted octanol–water partition coefficient (Wildman–Crippen LogP) is -0.705. The van der Waals surface area contributed by atoms with Gasteiger partial charge >= 0.3 is 0 Å². The van der Waals surface area contributed by atoms with Gasteiger partial charge in [0.15, 0.2) is 0 Å². The number of hydrogen-bond acceptors (Lipinski definition) is 3. The van der Waals surface area contributed by atoms with Crippen LogP contribution in [0.25, 0.3) is 0 Å². The lowest BCUT2D eigenvalue weighted by Crippen LogP contribution is -2.33. The number of aliphatic hydroxyl groups is 2. The largest absolute Gasteiger partial charge is 0.394 e. The average molecular weight is 130 g/mol. The zero-order chi connectivity index (χ0) is 6.69. The normalized spacial score (nSPS) is 34.9. The predicted molar refractivity (Wildman–Crippen MR) is 32.0 cm³/mol. The molecule has 52 valence electrons. The Labute approximate surface area is 53.6 Å². The Morgan fingerprint density at radius 1 is 1.67 bits per heavy atom. The van der Waals surface area contributed by atoms with Crippen LogP contribution >= 0.6 is 0 Å². The number of rotatable bonds is 1. The van der Waals surface area contributed by atoms with Crippen molar-refractivity contribution in [2.24, 2.45) is 0 Å². The first kappa shape index (κ1) is 6.74. The van der Waals surface area contributed by atoms with Crippen LogP contribution < -0.4 is 0 Å². The molecule has 0 aromatic carbocycles. The molecule has 1 unspecified atom stereocenters. The Morgan fingerprint density at radius 2 is 2.44 bits per heavy atom. The zero-order valence-electron chi connectivity index (χ0n) is 5.03. The lowest BCUT2D eigenvalue weighted by Gasteiger charge is -2.21. The van der Waals surface area contributed by atoms with Crippen LogP contribution in [-0.4, -0.2) is 35.6 Å². The van der Waals surface area contributed by atoms with E-state index in [0.29, 0.717) is 6.61 Å². The molecule has 0 radical (unpaired) electrons. The van der Waals surface area contributed by atoms with Crippen LogP contribution in [0.15, 0.2) is 12.2 Å². The maximum absolute atomic E-state index is 9.00. The van der Waals surface area contributed by atoms with Crippen molar-refractivity contribution >= 4 is 0 Å². The minimum Gasteiger partial charge on any atom is -0.394 e. The van der Waals surface area contributed by atoms with Crippen molar-refractivity contribution in [1.29, 1.82) is 0 Å². The molecule has 0 fully saturated rings. The first-order valence-corrected chi connectivity index (χ1v) is 2.92. The maximum atomic E-state index is 9.00. The lowest BCUT2D eigenvalue weighted by atomic mass is 10.2. The SMILES string of the molecule is OC[C@@H]1OCC=CC1O. The van der Waals surface area contributed by atoms with Crippen molar-refractivity contribution in [3.8, 4) is 0 Å². The van der Waals surface area contributed by atoms with Gasteiger partial charge in [0.25, 0.3) is 0 Å². The molecule has 0 amide bonds. The van der Waals surface area contributed by atoms with Crippen LogP contribution in [0.5, 0.6) is 0 Å². The molecule has 2 N–H and O–H groups in total. The summed E-state index contributed by atoms with van der Waals surface area (Å²) in [6, 6.07) is 0. The van der Waals surface area contributed by atoms with Crippen molar-refractivity contribution in [3.63, 3.8) is 0 Å². The third-order valence-corrected chi connectivity index (χ3v) is 1.30. The summed E-state index contributed by atoms with van der Waals surface area (Å²) in [4.78, 5) is 0. The Hall–Kier alpha value is -0.380. The van der Waals surface area contributed by atoms with Crippen LogP contribution in [-0.2, 0) is 4.74 Å². The van der Waals surface area contributed by atoms with Gasteiger partial charge in [-0.15, -0.1) is 0 Å². The molecule has 0 aromatic heterocycles. The zero-order valence-corrected chi connectivity index (χ0v) is 5.03. The maximum Gasteiger partial charge on any atom is 0.110 e. The summed E-state index contributed by atoms with van der Waals surface area (Å²) in [7, 11) is 0. The van der Waals surface area contributed by atoms with E-state index in [-0.39, 0.29) is 6.61 Å². The van der Waals surface area contributed by atoms with E-state index in [0.717, 1.165) is 0 Å². The molecule has 1 heterocycles. The van der Waals surface area contributed by atoms with Gasteiger partial charge in [-0.05, 0) is 0 Å². The van der Waals surface area contributed by atoms with E-state index >= 15 is 0 Å². The van der Waals surface area contributed by atoms with E-state index in [1.807, 2.05) is 0 Å². The highest BCUT2D eigenvalue weighted by molar-refractivity contribution is 4.96. The van der Waals surface area contributed by atoms with E-state index < -0.39 is 12.2 Å². The van der Waals surface area contributed by atoms with Gasteiger partial charge in [-0.25, -0.2) is 0 Å². The molecule has 2 atom stereocenters. The van der Waals surface area contributed by atoms with E-state index in [1.165, 1.54) is 0 Å². The van der Waals surface area contributed by atoms with Crippen LogP contribution in [0.2, 0.25) is 0 Å². The van der Waals surface area contributed by atoms with Gasteiger partial charge in [-0.2, -0.15) is 0 Å². The fourth-order valence-electron chi connectivity index (χ4n) is 0.757. The van der Waals surface area contributed by atoms with Crippen molar-refractivity contribution in [1.82, 2.24) is 0 Å². The highest BCUT2D eigenvalue weighted by Gasteiger charge is 2.18. The monoisotopic (exact) mass is 130 g/mol. The van der Waals surface area contributed by atoms with Gasteiger partial charge in [-0.3, -0.25) is 0 Å². The van der Waals surface area contributed by atoms with Crippen LogP contribution in [0, 0.1) is 0 Å². The first-order valence-electron chi connectivity index (χ1n) is 2.92. The minimum absolute atomic E-state index is 0.120. The molecule has 0 saturated carbocycles. The van der Waals surface area contributed by atoms with E-state index in [4.69, 9.17) is 14.9 Å². The Morgan fingerprint density at radius 3 is 2.89 bits per heavy atom. The fourth-order valence-corrected chi connectivity index (χ4v) is 0.757. The summed E-state index contributed by atoms with van der Waals surface area (Å²) >= 11 is 0. The summed E-state index contributed by atoms with van der Waals surface area (Å²) in [5.74, 6) is 0. The Bertz CT molecular complexity index is 111. The molecule has 9 heavy (non-hydrogen) atoms. The standard InChI is InChI=1S/C6H10O3/c7-4-6-5(8)2-1-3-9-6/h1-2,5-8H,3-4H2/t5?,6-/m0/s1. The molecule has 3 heteroatoms. The van der Waals surface area contributed by atoms with Crippen molar-refractivity contribution < 1.29 is 14.9 Å². The van der Waals surface area contributed by atoms with E-state index in [1.54, 1.807) is 12.2 Å². The third kappa shape index (κ3) is 1.51. The van der Waals surface area contributed by atoms with Gasteiger partial charge in [0.1, 0.15) is 12.2 Å². The second-order valence-electron chi connectivity index (χ2n) is 1.97. The van der Waals surface area contributed by atoms with Crippen LogP contribution in [0.1, 0.15) is 0 Å². The molecular formula is C6H10O3. The summed E-state index contributed by atoms with van der Waals surface area (Å²) in [5, 5.41) is 17.5. The molecular weight excluding hydrogens is 120 g/mol. The lowest BCUT2D eigenvalue weighted by molar-refractivity contribution is -0.0441. The molecule has 1 aliphatic rings. The average Bonchev–Trinajstić information content (AvgIpc) is 1.89. The molecule has 0 aromatic rings. The van der Waals surface area contributed by atoms with Gasteiger partial charge in [0.2, 0.25) is 0 Å². The second kappa shape index (κ2) is 2.96. The number of hydrogen-bond donors (Lipinski definition) is 2. The van der Waals surface area contributed by atoms with Crippen LogP contribution in [0.3, 0.4) is 0 Å². The Balaban J connectivity index is 2.44. The molecule has 1 aliphatic heterocycles. The molecule has 0 saturated heterocycles. The second-order valence-corrected chi connectivity index (χ2v) is 1.97. The van der Waals surface area contributed by atoms with E-state index in [9.17, 15) is 0 Å². The third-order valence-electron chi connectivity index (χ3n) is 1.30. The molecule has 3 nitrogen and oxygen atoms in total. The Kier molecular flexibility index (Phi) is 2.22. The van der Waals surface area contributed by atoms with Gasteiger partial charge in [-0.1, -0.05) is 12.2 Å². The highest BCUT2D eigenvalue weighted by atomic mass is 16.5. The first-order chi connectivity index (χ1) is 4.34. The van der Waals surface area contributed by atoms with Gasteiger partial charge < -0.3 is 14.9 Å². The fraction of sp³-hybridized carbons (Fsp3) is 0.667. The summed E-state index contributed by atoms with van der Waals surface area (Å²) < 4.78 is 4.95.